The molecule has 0 aliphatic carbocycles. The number of amides is 1. The van der Waals surface area contributed by atoms with Crippen molar-refractivity contribution in [2.45, 2.75) is 6.92 Å². The topological polar surface area (TPSA) is 48.0 Å². The van der Waals surface area contributed by atoms with E-state index in [9.17, 15) is 4.79 Å². The standard InChI is InChI=1S/C16H21NO4/c1-3-21-15-12-13(4-6-14(15)19-2)5-7-16(18)17-8-10-20-11-9-17/h4-7,12H,3,8-11H2,1-2H3/b7-5+. The minimum Gasteiger partial charge on any atom is -0.493 e. The predicted octanol–water partition coefficient (Wildman–Crippen LogP) is 1.97. The first-order valence-corrected chi connectivity index (χ1v) is 7.10. The van der Waals surface area contributed by atoms with Crippen LogP contribution >= 0.6 is 0 Å². The van der Waals surface area contributed by atoms with Crippen LogP contribution in [-0.4, -0.2) is 50.8 Å². The number of methoxy groups -OCH3 is 1. The Bertz CT molecular complexity index is 507. The fourth-order valence-corrected chi connectivity index (χ4v) is 2.12. The monoisotopic (exact) mass is 291 g/mol. The normalized spacial score (nSPS) is 15.2. The number of ether oxygens (including phenoxy) is 3. The lowest BCUT2D eigenvalue weighted by molar-refractivity contribution is -0.129. The molecule has 1 aliphatic heterocycles. The van der Waals surface area contributed by atoms with E-state index < -0.39 is 0 Å². The van der Waals surface area contributed by atoms with Gasteiger partial charge in [-0.3, -0.25) is 4.79 Å². The Morgan fingerprint density at radius 3 is 2.76 bits per heavy atom. The van der Waals surface area contributed by atoms with Crippen LogP contribution in [-0.2, 0) is 9.53 Å². The number of morpholine rings is 1. The van der Waals surface area contributed by atoms with Crippen LogP contribution in [0.4, 0.5) is 0 Å². The second kappa shape index (κ2) is 7.69. The van der Waals surface area contributed by atoms with Crippen LogP contribution in [0, 0.1) is 0 Å². The molecule has 5 nitrogen and oxygen atoms in total. The van der Waals surface area contributed by atoms with Crippen molar-refractivity contribution >= 4 is 12.0 Å². The summed E-state index contributed by atoms with van der Waals surface area (Å²) in [7, 11) is 1.61. The second-order valence-corrected chi connectivity index (χ2v) is 4.61. The highest BCUT2D eigenvalue weighted by Crippen LogP contribution is 2.28. The molecule has 0 unspecified atom stereocenters. The van der Waals surface area contributed by atoms with Crippen molar-refractivity contribution in [3.63, 3.8) is 0 Å². The van der Waals surface area contributed by atoms with Crippen LogP contribution in [0.15, 0.2) is 24.3 Å². The Hall–Kier alpha value is -2.01. The zero-order valence-electron chi connectivity index (χ0n) is 12.5. The van der Waals surface area contributed by atoms with Gasteiger partial charge in [0.1, 0.15) is 0 Å². The van der Waals surface area contributed by atoms with Gasteiger partial charge < -0.3 is 19.1 Å². The van der Waals surface area contributed by atoms with E-state index in [1.165, 1.54) is 0 Å². The van der Waals surface area contributed by atoms with Crippen molar-refractivity contribution in [3.8, 4) is 11.5 Å². The van der Waals surface area contributed by atoms with E-state index in [1.807, 2.05) is 25.1 Å². The minimum absolute atomic E-state index is 0.00655. The number of hydrogen-bond acceptors (Lipinski definition) is 4. The molecule has 1 heterocycles. The Balaban J connectivity index is 2.05. The molecule has 0 N–H and O–H groups in total. The maximum atomic E-state index is 12.0. The van der Waals surface area contributed by atoms with Gasteiger partial charge in [0.05, 0.1) is 26.9 Å². The highest BCUT2D eigenvalue weighted by molar-refractivity contribution is 5.91. The molecule has 0 bridgehead atoms. The highest BCUT2D eigenvalue weighted by atomic mass is 16.5. The summed E-state index contributed by atoms with van der Waals surface area (Å²) in [6, 6.07) is 5.60. The molecule has 1 aromatic rings. The lowest BCUT2D eigenvalue weighted by Crippen LogP contribution is -2.39. The van der Waals surface area contributed by atoms with Crippen LogP contribution in [0.2, 0.25) is 0 Å². The first kappa shape index (κ1) is 15.4. The van der Waals surface area contributed by atoms with E-state index in [0.29, 0.717) is 44.4 Å². The highest BCUT2D eigenvalue weighted by Gasteiger charge is 2.14. The van der Waals surface area contributed by atoms with E-state index >= 15 is 0 Å². The van der Waals surface area contributed by atoms with Gasteiger partial charge in [-0.1, -0.05) is 6.07 Å². The molecule has 0 radical (unpaired) electrons. The largest absolute Gasteiger partial charge is 0.493 e. The van der Waals surface area contributed by atoms with E-state index in [0.717, 1.165) is 5.56 Å². The van der Waals surface area contributed by atoms with Gasteiger partial charge in [0.15, 0.2) is 11.5 Å². The fraction of sp³-hybridized carbons (Fsp3) is 0.438. The Labute approximate surface area is 125 Å². The van der Waals surface area contributed by atoms with Crippen molar-refractivity contribution in [1.29, 1.82) is 0 Å². The van der Waals surface area contributed by atoms with Crippen LogP contribution in [0.5, 0.6) is 11.5 Å². The third kappa shape index (κ3) is 4.23. The molecule has 1 saturated heterocycles. The molecule has 1 aliphatic rings. The molecule has 1 fully saturated rings. The fourth-order valence-electron chi connectivity index (χ4n) is 2.12. The third-order valence-corrected chi connectivity index (χ3v) is 3.23. The molecule has 0 spiro atoms. The summed E-state index contributed by atoms with van der Waals surface area (Å²) in [6.07, 6.45) is 3.38. The molecule has 0 atom stereocenters. The quantitative estimate of drug-likeness (QED) is 0.778. The average molecular weight is 291 g/mol. The van der Waals surface area contributed by atoms with Crippen LogP contribution in [0.25, 0.3) is 6.08 Å². The SMILES string of the molecule is CCOc1cc(/C=C/C(=O)N2CCOCC2)ccc1OC. The van der Waals surface area contributed by atoms with Gasteiger partial charge in [-0.25, -0.2) is 0 Å². The molecule has 0 saturated carbocycles. The summed E-state index contributed by atoms with van der Waals surface area (Å²) in [5, 5.41) is 0. The molecule has 1 aromatic carbocycles. The summed E-state index contributed by atoms with van der Waals surface area (Å²) >= 11 is 0. The molecule has 21 heavy (non-hydrogen) atoms. The minimum atomic E-state index is 0.00655. The average Bonchev–Trinajstić information content (AvgIpc) is 2.54. The number of benzene rings is 1. The number of carbonyl (C=O) groups excluding carboxylic acids is 1. The summed E-state index contributed by atoms with van der Waals surface area (Å²) in [5.74, 6) is 1.38. The smallest absolute Gasteiger partial charge is 0.246 e. The van der Waals surface area contributed by atoms with Crippen molar-refractivity contribution in [1.82, 2.24) is 4.90 Å². The molecular weight excluding hydrogens is 270 g/mol. The van der Waals surface area contributed by atoms with Crippen molar-refractivity contribution < 1.29 is 19.0 Å². The van der Waals surface area contributed by atoms with E-state index in [2.05, 4.69) is 0 Å². The second-order valence-electron chi connectivity index (χ2n) is 4.61. The lowest BCUT2D eigenvalue weighted by atomic mass is 10.2. The molecule has 0 aromatic heterocycles. The van der Waals surface area contributed by atoms with Gasteiger partial charge >= 0.3 is 0 Å². The first-order chi connectivity index (χ1) is 10.2. The number of rotatable bonds is 5. The zero-order chi connectivity index (χ0) is 15.1. The molecule has 114 valence electrons. The molecule has 5 heteroatoms. The Morgan fingerprint density at radius 1 is 1.33 bits per heavy atom. The maximum Gasteiger partial charge on any atom is 0.246 e. The summed E-state index contributed by atoms with van der Waals surface area (Å²) in [6.45, 7) is 5.00. The number of nitrogens with zero attached hydrogens (tertiary/aromatic N) is 1. The van der Waals surface area contributed by atoms with Crippen molar-refractivity contribution in [2.24, 2.45) is 0 Å². The van der Waals surface area contributed by atoms with E-state index in [-0.39, 0.29) is 5.91 Å². The summed E-state index contributed by atoms with van der Waals surface area (Å²) in [4.78, 5) is 13.8. The van der Waals surface area contributed by atoms with Gasteiger partial charge in [0.2, 0.25) is 5.91 Å². The predicted molar refractivity (Wildman–Crippen MR) is 80.6 cm³/mol. The Morgan fingerprint density at radius 2 is 2.10 bits per heavy atom. The van der Waals surface area contributed by atoms with Crippen LogP contribution < -0.4 is 9.47 Å². The lowest BCUT2D eigenvalue weighted by Gasteiger charge is -2.25. The van der Waals surface area contributed by atoms with Gasteiger partial charge in [-0.15, -0.1) is 0 Å². The van der Waals surface area contributed by atoms with Crippen LogP contribution in [0.1, 0.15) is 12.5 Å². The van der Waals surface area contributed by atoms with Gasteiger partial charge in [-0.2, -0.15) is 0 Å². The molecular formula is C16H21NO4. The molecule has 1 amide bonds. The van der Waals surface area contributed by atoms with Crippen LogP contribution in [0.3, 0.4) is 0 Å². The van der Waals surface area contributed by atoms with E-state index in [4.69, 9.17) is 14.2 Å². The zero-order valence-corrected chi connectivity index (χ0v) is 12.5. The number of carbonyl (C=O) groups is 1. The third-order valence-electron chi connectivity index (χ3n) is 3.23. The van der Waals surface area contributed by atoms with Gasteiger partial charge in [-0.05, 0) is 30.7 Å². The number of hydrogen-bond donors (Lipinski definition) is 0. The Kier molecular flexibility index (Phi) is 5.63. The van der Waals surface area contributed by atoms with Crippen molar-refractivity contribution in [2.75, 3.05) is 40.0 Å². The summed E-state index contributed by atoms with van der Waals surface area (Å²) < 4.78 is 16.0. The van der Waals surface area contributed by atoms with Gasteiger partial charge in [0, 0.05) is 19.2 Å². The van der Waals surface area contributed by atoms with E-state index in [1.54, 1.807) is 24.2 Å². The molecule has 2 rings (SSSR count). The summed E-state index contributed by atoms with van der Waals surface area (Å²) in [5.41, 5.74) is 0.904. The maximum absolute atomic E-state index is 12.0. The first-order valence-electron chi connectivity index (χ1n) is 7.10. The van der Waals surface area contributed by atoms with Crippen molar-refractivity contribution in [3.05, 3.63) is 29.8 Å². The van der Waals surface area contributed by atoms with Gasteiger partial charge in [0.25, 0.3) is 0 Å².